The van der Waals surface area contributed by atoms with E-state index in [4.69, 9.17) is 0 Å². The second-order valence-electron chi connectivity index (χ2n) is 7.56. The summed E-state index contributed by atoms with van der Waals surface area (Å²) in [6.07, 6.45) is 0. The van der Waals surface area contributed by atoms with Gasteiger partial charge in [0.15, 0.2) is 0 Å². The second-order valence-corrected chi connectivity index (χ2v) is 9.24. The number of piperazine rings is 1. The first-order chi connectivity index (χ1) is 14.9. The predicted molar refractivity (Wildman–Crippen MR) is 123 cm³/mol. The van der Waals surface area contributed by atoms with Crippen LogP contribution in [0.2, 0.25) is 0 Å². The molecule has 1 saturated heterocycles. The van der Waals surface area contributed by atoms with Crippen molar-refractivity contribution >= 4 is 27.3 Å². The molecule has 0 unspecified atom stereocenters. The number of nitrogens with one attached hydrogen (secondary N) is 1. The number of rotatable bonds is 5. The molecule has 1 N–H and O–H groups in total. The molecule has 0 spiro atoms. The number of carbonyl (C=O) groups is 1. The highest BCUT2D eigenvalue weighted by atomic mass is 32.2. The number of benzene rings is 3. The molecule has 31 heavy (non-hydrogen) atoms. The molecular weight excluding hydrogens is 410 g/mol. The van der Waals surface area contributed by atoms with Crippen LogP contribution >= 0.6 is 0 Å². The highest BCUT2D eigenvalue weighted by molar-refractivity contribution is 7.92. The highest BCUT2D eigenvalue weighted by Gasteiger charge is 2.23. The molecular formula is C24H25N3O3S. The summed E-state index contributed by atoms with van der Waals surface area (Å²) in [4.78, 5) is 17.1. The topological polar surface area (TPSA) is 69.7 Å². The quantitative estimate of drug-likeness (QED) is 0.663. The van der Waals surface area contributed by atoms with Crippen LogP contribution in [-0.2, 0) is 10.0 Å². The van der Waals surface area contributed by atoms with Crippen molar-refractivity contribution < 1.29 is 13.2 Å². The third-order valence-electron chi connectivity index (χ3n) is 5.48. The molecule has 0 radical (unpaired) electrons. The summed E-state index contributed by atoms with van der Waals surface area (Å²) in [7, 11) is -3.61. The van der Waals surface area contributed by atoms with E-state index in [2.05, 4.69) is 9.62 Å². The van der Waals surface area contributed by atoms with Crippen LogP contribution in [0.5, 0.6) is 0 Å². The van der Waals surface area contributed by atoms with E-state index in [0.29, 0.717) is 18.8 Å². The third kappa shape index (κ3) is 4.72. The molecule has 1 aliphatic heterocycles. The Morgan fingerprint density at radius 2 is 1.42 bits per heavy atom. The Morgan fingerprint density at radius 1 is 0.806 bits per heavy atom. The molecule has 0 aliphatic carbocycles. The fourth-order valence-corrected chi connectivity index (χ4v) is 4.78. The van der Waals surface area contributed by atoms with Crippen LogP contribution in [0.3, 0.4) is 0 Å². The van der Waals surface area contributed by atoms with E-state index < -0.39 is 10.0 Å². The molecule has 3 aromatic carbocycles. The van der Waals surface area contributed by atoms with Crippen molar-refractivity contribution in [1.82, 2.24) is 4.90 Å². The van der Waals surface area contributed by atoms with Gasteiger partial charge in [0.1, 0.15) is 0 Å². The van der Waals surface area contributed by atoms with Crippen LogP contribution in [0.25, 0.3) is 0 Å². The molecule has 4 rings (SSSR count). The zero-order valence-electron chi connectivity index (χ0n) is 17.4. The minimum Gasteiger partial charge on any atom is -0.368 e. The molecule has 1 aliphatic rings. The number of sulfonamides is 1. The van der Waals surface area contributed by atoms with Gasteiger partial charge in [-0.15, -0.1) is 0 Å². The fraction of sp³-hybridized carbons (Fsp3) is 0.208. The van der Waals surface area contributed by atoms with Crippen molar-refractivity contribution in [3.8, 4) is 0 Å². The van der Waals surface area contributed by atoms with Gasteiger partial charge in [-0.05, 0) is 55.0 Å². The normalized spacial score (nSPS) is 14.4. The smallest absolute Gasteiger partial charge is 0.261 e. The summed E-state index contributed by atoms with van der Waals surface area (Å²) in [5.74, 6) is 0.0726. The van der Waals surface area contributed by atoms with Crippen LogP contribution in [0.15, 0.2) is 83.8 Å². The molecule has 7 heteroatoms. The van der Waals surface area contributed by atoms with Crippen molar-refractivity contribution in [3.63, 3.8) is 0 Å². The van der Waals surface area contributed by atoms with Gasteiger partial charge in [0.2, 0.25) is 0 Å². The summed E-state index contributed by atoms with van der Waals surface area (Å²) in [5.41, 5.74) is 3.26. The van der Waals surface area contributed by atoms with E-state index in [9.17, 15) is 13.2 Å². The Kier molecular flexibility index (Phi) is 5.95. The Bertz CT molecular complexity index is 1150. The van der Waals surface area contributed by atoms with Gasteiger partial charge < -0.3 is 9.80 Å². The van der Waals surface area contributed by atoms with Crippen LogP contribution in [-0.4, -0.2) is 45.4 Å². The van der Waals surface area contributed by atoms with Gasteiger partial charge >= 0.3 is 0 Å². The van der Waals surface area contributed by atoms with Gasteiger partial charge in [-0.25, -0.2) is 8.42 Å². The summed E-state index contributed by atoms with van der Waals surface area (Å²) < 4.78 is 27.6. The number of nitrogens with zero attached hydrogens (tertiary/aromatic N) is 2. The number of amides is 1. The Balaban J connectivity index is 1.37. The first-order valence-corrected chi connectivity index (χ1v) is 11.7. The van der Waals surface area contributed by atoms with Gasteiger partial charge in [-0.3, -0.25) is 9.52 Å². The van der Waals surface area contributed by atoms with Gasteiger partial charge in [0.25, 0.3) is 15.9 Å². The molecule has 0 aromatic heterocycles. The standard InChI is InChI=1S/C24H25N3O3S/c1-19-7-5-6-10-23(19)24(28)27-17-15-26(16-18-27)21-13-11-20(12-14-21)25-31(29,30)22-8-3-2-4-9-22/h2-14,25H,15-18H2,1H3. The zero-order valence-corrected chi connectivity index (χ0v) is 18.2. The number of anilines is 2. The summed E-state index contributed by atoms with van der Waals surface area (Å²) in [6.45, 7) is 4.71. The fourth-order valence-electron chi connectivity index (χ4n) is 3.70. The van der Waals surface area contributed by atoms with Gasteiger partial charge in [-0.2, -0.15) is 0 Å². The van der Waals surface area contributed by atoms with Crippen molar-refractivity contribution in [2.75, 3.05) is 35.8 Å². The molecule has 160 valence electrons. The number of aryl methyl sites for hydroxylation is 1. The van der Waals surface area contributed by atoms with Crippen LogP contribution in [0.1, 0.15) is 15.9 Å². The van der Waals surface area contributed by atoms with Crippen LogP contribution in [0, 0.1) is 6.92 Å². The number of carbonyl (C=O) groups excluding carboxylic acids is 1. The SMILES string of the molecule is Cc1ccccc1C(=O)N1CCN(c2ccc(NS(=O)(=O)c3ccccc3)cc2)CC1. The van der Waals surface area contributed by atoms with Gasteiger partial charge in [0, 0.05) is 43.1 Å². The average Bonchev–Trinajstić information content (AvgIpc) is 2.80. The zero-order chi connectivity index (χ0) is 21.8. The Morgan fingerprint density at radius 3 is 2.06 bits per heavy atom. The molecule has 1 amide bonds. The highest BCUT2D eigenvalue weighted by Crippen LogP contribution is 2.22. The van der Waals surface area contributed by atoms with Crippen LogP contribution < -0.4 is 9.62 Å². The van der Waals surface area contributed by atoms with E-state index in [0.717, 1.165) is 29.9 Å². The van der Waals surface area contributed by atoms with Crippen molar-refractivity contribution in [1.29, 1.82) is 0 Å². The lowest BCUT2D eigenvalue weighted by molar-refractivity contribution is 0.0746. The maximum atomic E-state index is 12.8. The van der Waals surface area contributed by atoms with Crippen LogP contribution in [0.4, 0.5) is 11.4 Å². The predicted octanol–water partition coefficient (Wildman–Crippen LogP) is 3.76. The largest absolute Gasteiger partial charge is 0.368 e. The van der Waals surface area contributed by atoms with E-state index in [-0.39, 0.29) is 10.8 Å². The van der Waals surface area contributed by atoms with E-state index in [1.807, 2.05) is 48.2 Å². The molecule has 3 aromatic rings. The third-order valence-corrected chi connectivity index (χ3v) is 6.88. The van der Waals surface area contributed by atoms with Crippen molar-refractivity contribution in [2.24, 2.45) is 0 Å². The lowest BCUT2D eigenvalue weighted by atomic mass is 10.1. The molecule has 1 fully saturated rings. The van der Waals surface area contributed by atoms with Gasteiger partial charge in [-0.1, -0.05) is 36.4 Å². The molecule has 0 saturated carbocycles. The Hall–Kier alpha value is -3.32. The summed E-state index contributed by atoms with van der Waals surface area (Å²) in [5, 5.41) is 0. The summed E-state index contributed by atoms with van der Waals surface area (Å²) >= 11 is 0. The molecule has 0 bridgehead atoms. The summed E-state index contributed by atoms with van der Waals surface area (Å²) in [6, 6.07) is 23.3. The number of hydrogen-bond donors (Lipinski definition) is 1. The first-order valence-electron chi connectivity index (χ1n) is 10.2. The average molecular weight is 436 g/mol. The first kappa shape index (κ1) is 20.9. The van der Waals surface area contributed by atoms with Crippen molar-refractivity contribution in [2.45, 2.75) is 11.8 Å². The molecule has 1 heterocycles. The maximum absolute atomic E-state index is 12.8. The van der Waals surface area contributed by atoms with E-state index in [1.165, 1.54) is 0 Å². The van der Waals surface area contributed by atoms with Crippen molar-refractivity contribution in [3.05, 3.63) is 90.0 Å². The second kappa shape index (κ2) is 8.81. The van der Waals surface area contributed by atoms with E-state index >= 15 is 0 Å². The maximum Gasteiger partial charge on any atom is 0.261 e. The van der Waals surface area contributed by atoms with Gasteiger partial charge in [0.05, 0.1) is 4.90 Å². The minimum atomic E-state index is -3.61. The number of hydrogen-bond acceptors (Lipinski definition) is 4. The minimum absolute atomic E-state index is 0.0726. The monoisotopic (exact) mass is 435 g/mol. The lowest BCUT2D eigenvalue weighted by Crippen LogP contribution is -2.48. The Labute approximate surface area is 183 Å². The molecule has 6 nitrogen and oxygen atoms in total. The lowest BCUT2D eigenvalue weighted by Gasteiger charge is -2.36. The van der Waals surface area contributed by atoms with E-state index in [1.54, 1.807) is 42.5 Å². The molecule has 0 atom stereocenters.